The van der Waals surface area contributed by atoms with E-state index in [0.717, 1.165) is 21.6 Å². The predicted molar refractivity (Wildman–Crippen MR) is 85.1 cm³/mol. The average Bonchev–Trinajstić information content (AvgIpc) is 2.28. The lowest BCUT2D eigenvalue weighted by molar-refractivity contribution is 0.593. The molecular weight excluding hydrogens is 310 g/mol. The van der Waals surface area contributed by atoms with Crippen molar-refractivity contribution in [2.24, 2.45) is 5.92 Å². The Bertz CT molecular complexity index is 425. The van der Waals surface area contributed by atoms with Gasteiger partial charge in [-0.3, -0.25) is 0 Å². The van der Waals surface area contributed by atoms with Crippen LogP contribution in [0.5, 0.6) is 0 Å². The molecule has 0 spiro atoms. The zero-order valence-corrected chi connectivity index (χ0v) is 13.8. The van der Waals surface area contributed by atoms with Gasteiger partial charge in [-0.25, -0.2) is 0 Å². The van der Waals surface area contributed by atoms with E-state index in [9.17, 15) is 0 Å². The van der Waals surface area contributed by atoms with Crippen molar-refractivity contribution in [2.45, 2.75) is 33.7 Å². The van der Waals surface area contributed by atoms with Crippen LogP contribution in [0.1, 0.15) is 33.3 Å². The minimum Gasteiger partial charge on any atom is -0.311 e. The summed E-state index contributed by atoms with van der Waals surface area (Å²) >= 11 is 9.61. The minimum atomic E-state index is 0.495. The summed E-state index contributed by atoms with van der Waals surface area (Å²) in [5, 5.41) is 4.23. The summed E-state index contributed by atoms with van der Waals surface area (Å²) in [6.45, 7) is 9.66. The maximum absolute atomic E-state index is 6.04. The summed E-state index contributed by atoms with van der Waals surface area (Å²) in [5.41, 5.74) is 2.52. The molecule has 18 heavy (non-hydrogen) atoms. The van der Waals surface area contributed by atoms with Gasteiger partial charge in [-0.1, -0.05) is 66.9 Å². The van der Waals surface area contributed by atoms with Crippen LogP contribution in [0.3, 0.4) is 0 Å². The molecule has 0 atom stereocenters. The second-order valence-electron chi connectivity index (χ2n) is 5.08. The first-order valence-electron chi connectivity index (χ1n) is 6.29. The van der Waals surface area contributed by atoms with Crippen LogP contribution in [0, 0.1) is 5.92 Å². The van der Waals surface area contributed by atoms with Crippen molar-refractivity contribution in [3.63, 3.8) is 0 Å². The lowest BCUT2D eigenvalue weighted by atomic mass is 10.00. The van der Waals surface area contributed by atoms with Crippen molar-refractivity contribution < 1.29 is 0 Å². The quantitative estimate of drug-likeness (QED) is 0.788. The molecule has 0 fully saturated rings. The van der Waals surface area contributed by atoms with E-state index in [1.54, 1.807) is 0 Å². The van der Waals surface area contributed by atoms with Crippen LogP contribution in [0.2, 0.25) is 5.02 Å². The molecule has 0 saturated heterocycles. The van der Waals surface area contributed by atoms with Gasteiger partial charge >= 0.3 is 0 Å². The van der Waals surface area contributed by atoms with Gasteiger partial charge in [-0.2, -0.15) is 0 Å². The zero-order chi connectivity index (χ0) is 13.7. The SMILES string of the molecule is CC(C)NCC(=Cc1cc(Cl)ccc1Br)C(C)C. The smallest absolute Gasteiger partial charge is 0.0412 e. The molecule has 0 aromatic heterocycles. The van der Waals surface area contributed by atoms with Crippen molar-refractivity contribution in [1.82, 2.24) is 5.32 Å². The Morgan fingerprint density at radius 2 is 2.00 bits per heavy atom. The van der Waals surface area contributed by atoms with Gasteiger partial charge in [0.05, 0.1) is 0 Å². The van der Waals surface area contributed by atoms with Crippen LogP contribution < -0.4 is 5.32 Å². The third-order valence-electron chi connectivity index (χ3n) is 2.75. The lowest BCUT2D eigenvalue weighted by Gasteiger charge is -2.15. The Morgan fingerprint density at radius 3 is 2.56 bits per heavy atom. The molecule has 0 aliphatic heterocycles. The summed E-state index contributed by atoms with van der Waals surface area (Å²) in [6.07, 6.45) is 2.22. The predicted octanol–water partition coefficient (Wildman–Crippen LogP) is 5.14. The van der Waals surface area contributed by atoms with E-state index in [4.69, 9.17) is 11.6 Å². The molecular formula is C15H21BrClN. The van der Waals surface area contributed by atoms with E-state index < -0.39 is 0 Å². The van der Waals surface area contributed by atoms with Gasteiger partial charge in [0, 0.05) is 22.1 Å². The van der Waals surface area contributed by atoms with Crippen molar-refractivity contribution >= 4 is 33.6 Å². The van der Waals surface area contributed by atoms with E-state index in [1.165, 1.54) is 5.57 Å². The normalized spacial score (nSPS) is 12.6. The molecule has 0 unspecified atom stereocenters. The fraction of sp³-hybridized carbons (Fsp3) is 0.467. The minimum absolute atomic E-state index is 0.495. The van der Waals surface area contributed by atoms with Gasteiger partial charge in [-0.05, 0) is 29.7 Å². The second kappa shape index (κ2) is 7.32. The highest BCUT2D eigenvalue weighted by Crippen LogP contribution is 2.25. The zero-order valence-electron chi connectivity index (χ0n) is 11.4. The standard InChI is InChI=1S/C15H21BrClN/c1-10(2)13(9-18-11(3)4)7-12-8-14(17)5-6-15(12)16/h5-8,10-11,18H,9H2,1-4H3. The Morgan fingerprint density at radius 1 is 1.33 bits per heavy atom. The van der Waals surface area contributed by atoms with E-state index in [1.807, 2.05) is 18.2 Å². The third kappa shape index (κ3) is 5.13. The van der Waals surface area contributed by atoms with Crippen LogP contribution in [-0.2, 0) is 0 Å². The van der Waals surface area contributed by atoms with Gasteiger partial charge in [0.2, 0.25) is 0 Å². The molecule has 0 bridgehead atoms. The molecule has 100 valence electrons. The Kier molecular flexibility index (Phi) is 6.40. The van der Waals surface area contributed by atoms with Crippen molar-refractivity contribution in [2.75, 3.05) is 6.54 Å². The van der Waals surface area contributed by atoms with Gasteiger partial charge in [0.25, 0.3) is 0 Å². The molecule has 1 N–H and O–H groups in total. The topological polar surface area (TPSA) is 12.0 Å². The summed E-state index contributed by atoms with van der Waals surface area (Å²) in [6, 6.07) is 6.37. The Hall–Kier alpha value is -0.310. The highest BCUT2D eigenvalue weighted by molar-refractivity contribution is 9.10. The van der Waals surface area contributed by atoms with E-state index in [2.05, 4.69) is 55.0 Å². The van der Waals surface area contributed by atoms with Gasteiger partial charge in [0.15, 0.2) is 0 Å². The van der Waals surface area contributed by atoms with E-state index in [-0.39, 0.29) is 0 Å². The summed E-state index contributed by atoms with van der Waals surface area (Å²) in [4.78, 5) is 0. The number of hydrogen-bond donors (Lipinski definition) is 1. The largest absolute Gasteiger partial charge is 0.311 e. The highest BCUT2D eigenvalue weighted by atomic mass is 79.9. The number of nitrogens with one attached hydrogen (secondary N) is 1. The maximum Gasteiger partial charge on any atom is 0.0412 e. The molecule has 0 aliphatic rings. The molecule has 0 radical (unpaired) electrons. The molecule has 1 nitrogen and oxygen atoms in total. The van der Waals surface area contributed by atoms with Crippen molar-refractivity contribution in [3.05, 3.63) is 38.8 Å². The molecule has 0 amide bonds. The number of rotatable bonds is 5. The first-order valence-corrected chi connectivity index (χ1v) is 7.46. The molecule has 0 aliphatic carbocycles. The average molecular weight is 331 g/mol. The molecule has 0 heterocycles. The van der Waals surface area contributed by atoms with Gasteiger partial charge in [-0.15, -0.1) is 0 Å². The van der Waals surface area contributed by atoms with Crippen molar-refractivity contribution in [1.29, 1.82) is 0 Å². The summed E-state index contributed by atoms with van der Waals surface area (Å²) in [7, 11) is 0. The highest BCUT2D eigenvalue weighted by Gasteiger charge is 2.06. The number of hydrogen-bond acceptors (Lipinski definition) is 1. The first-order chi connectivity index (χ1) is 8.40. The van der Waals surface area contributed by atoms with Crippen LogP contribution in [0.4, 0.5) is 0 Å². The first kappa shape index (κ1) is 15.7. The third-order valence-corrected chi connectivity index (χ3v) is 3.71. The van der Waals surface area contributed by atoms with Crippen molar-refractivity contribution in [3.8, 4) is 0 Å². The van der Waals surface area contributed by atoms with E-state index in [0.29, 0.717) is 12.0 Å². The molecule has 1 aromatic rings. The summed E-state index contributed by atoms with van der Waals surface area (Å²) < 4.78 is 1.08. The van der Waals surface area contributed by atoms with Gasteiger partial charge in [0.1, 0.15) is 0 Å². The number of halogens is 2. The summed E-state index contributed by atoms with van der Waals surface area (Å²) in [5.74, 6) is 0.516. The lowest BCUT2D eigenvalue weighted by Crippen LogP contribution is -2.26. The van der Waals surface area contributed by atoms with E-state index >= 15 is 0 Å². The number of benzene rings is 1. The Balaban J connectivity index is 2.96. The van der Waals surface area contributed by atoms with Crippen LogP contribution >= 0.6 is 27.5 Å². The Labute approximate surface area is 124 Å². The monoisotopic (exact) mass is 329 g/mol. The van der Waals surface area contributed by atoms with Crippen LogP contribution in [0.25, 0.3) is 6.08 Å². The molecule has 3 heteroatoms. The fourth-order valence-electron chi connectivity index (χ4n) is 1.57. The van der Waals surface area contributed by atoms with Crippen LogP contribution in [0.15, 0.2) is 28.2 Å². The molecule has 1 rings (SSSR count). The van der Waals surface area contributed by atoms with Gasteiger partial charge < -0.3 is 5.32 Å². The molecule has 0 saturated carbocycles. The second-order valence-corrected chi connectivity index (χ2v) is 6.37. The molecule has 1 aromatic carbocycles. The maximum atomic E-state index is 6.04. The van der Waals surface area contributed by atoms with Crippen LogP contribution in [-0.4, -0.2) is 12.6 Å². The fourth-order valence-corrected chi connectivity index (χ4v) is 2.11.